The van der Waals surface area contributed by atoms with Crippen LogP contribution in [0.1, 0.15) is 0 Å². The fraction of sp³-hybridized carbons (Fsp3) is 0. The first-order valence-corrected chi connectivity index (χ1v) is 3.56. The summed E-state index contributed by atoms with van der Waals surface area (Å²) < 4.78 is 0. The van der Waals surface area contributed by atoms with Crippen molar-refractivity contribution >= 4 is 17.0 Å². The van der Waals surface area contributed by atoms with Crippen LogP contribution in [-0.4, -0.2) is 9.97 Å². The second-order valence-electron chi connectivity index (χ2n) is 2.14. The highest BCUT2D eigenvalue weighted by molar-refractivity contribution is 5.76. The Morgan fingerprint density at radius 1 is 1.25 bits per heavy atom. The van der Waals surface area contributed by atoms with Gasteiger partial charge in [0, 0.05) is 0 Å². The highest BCUT2D eigenvalue weighted by atomic mass is 15.0. The molecule has 1 heterocycles. The molecular weight excluding hydrogens is 150 g/mol. The van der Waals surface area contributed by atoms with E-state index in [0.717, 1.165) is 11.0 Å². The van der Waals surface area contributed by atoms with Crippen LogP contribution in [0.3, 0.4) is 0 Å². The van der Waals surface area contributed by atoms with E-state index >= 15 is 0 Å². The molecule has 0 saturated carbocycles. The maximum Gasteiger partial charge on any atom is 0.198 e. The number of aromatic amines is 1. The summed E-state index contributed by atoms with van der Waals surface area (Å²) in [6.07, 6.45) is 0. The van der Waals surface area contributed by atoms with Crippen molar-refractivity contribution in [3.8, 4) is 0 Å². The van der Waals surface area contributed by atoms with Gasteiger partial charge in [0.25, 0.3) is 0 Å². The van der Waals surface area contributed by atoms with Gasteiger partial charge >= 0.3 is 0 Å². The molecule has 0 bridgehead atoms. The summed E-state index contributed by atoms with van der Waals surface area (Å²) >= 11 is 0. The molecule has 0 aliphatic rings. The first kappa shape index (κ1) is 8.33. The summed E-state index contributed by atoms with van der Waals surface area (Å²) in [5.74, 6) is 0.473. The molecular formula is C9H11N3. The van der Waals surface area contributed by atoms with E-state index in [-0.39, 0.29) is 0 Å². The Labute approximate surface area is 70.9 Å². The Kier molecular flexibility index (Phi) is 2.48. The van der Waals surface area contributed by atoms with Crippen LogP contribution in [0.4, 0.5) is 5.95 Å². The number of aromatic nitrogens is 2. The predicted molar refractivity (Wildman–Crippen MR) is 51.8 cm³/mol. The number of nitrogens with one attached hydrogen (secondary N) is 1. The highest BCUT2D eigenvalue weighted by Gasteiger charge is 1.94. The molecule has 1 aromatic heterocycles. The average Bonchev–Trinajstić information content (AvgIpc) is 2.48. The molecule has 0 aliphatic heterocycles. The van der Waals surface area contributed by atoms with Crippen molar-refractivity contribution in [2.24, 2.45) is 0 Å². The van der Waals surface area contributed by atoms with Gasteiger partial charge in [0.05, 0.1) is 11.0 Å². The van der Waals surface area contributed by atoms with Crippen LogP contribution in [0.15, 0.2) is 37.4 Å². The zero-order valence-electron chi connectivity index (χ0n) is 6.75. The van der Waals surface area contributed by atoms with Crippen molar-refractivity contribution in [3.63, 3.8) is 0 Å². The summed E-state index contributed by atoms with van der Waals surface area (Å²) in [7, 11) is 0. The number of anilines is 1. The van der Waals surface area contributed by atoms with Gasteiger partial charge in [-0.3, -0.25) is 0 Å². The summed E-state index contributed by atoms with van der Waals surface area (Å²) in [6, 6.07) is 7.74. The Hall–Kier alpha value is -1.77. The first-order chi connectivity index (χ1) is 5.86. The standard InChI is InChI=1S/C7H7N3.C2H4/c8-7-9-5-3-1-2-4-6(5)10-7;1-2/h1-4H,(H3,8,9,10);1-2H2. The summed E-state index contributed by atoms with van der Waals surface area (Å²) in [5, 5.41) is 0. The normalized spacial score (nSPS) is 9.00. The number of imidazole rings is 1. The van der Waals surface area contributed by atoms with E-state index < -0.39 is 0 Å². The summed E-state index contributed by atoms with van der Waals surface area (Å²) in [6.45, 7) is 6.00. The smallest absolute Gasteiger partial charge is 0.198 e. The van der Waals surface area contributed by atoms with E-state index in [4.69, 9.17) is 5.73 Å². The third-order valence-electron chi connectivity index (χ3n) is 1.41. The number of nitrogens with two attached hydrogens (primary N) is 1. The lowest BCUT2D eigenvalue weighted by Crippen LogP contribution is -1.84. The van der Waals surface area contributed by atoms with Gasteiger partial charge < -0.3 is 10.7 Å². The van der Waals surface area contributed by atoms with Gasteiger partial charge in [0.2, 0.25) is 0 Å². The summed E-state index contributed by atoms with van der Waals surface area (Å²) in [5.41, 5.74) is 7.33. The molecule has 62 valence electrons. The Morgan fingerprint density at radius 2 is 1.92 bits per heavy atom. The highest BCUT2D eigenvalue weighted by Crippen LogP contribution is 2.10. The number of nitrogens with zero attached hydrogens (tertiary/aromatic N) is 1. The molecule has 0 amide bonds. The first-order valence-electron chi connectivity index (χ1n) is 3.56. The summed E-state index contributed by atoms with van der Waals surface area (Å²) in [4.78, 5) is 6.96. The Morgan fingerprint density at radius 3 is 2.58 bits per heavy atom. The number of benzene rings is 1. The number of hydrogen-bond acceptors (Lipinski definition) is 2. The topological polar surface area (TPSA) is 54.7 Å². The SMILES string of the molecule is C=C.Nc1nc2ccccc2[nH]1. The lowest BCUT2D eigenvalue weighted by molar-refractivity contribution is 1.35. The molecule has 0 unspecified atom stereocenters. The quantitative estimate of drug-likeness (QED) is 0.580. The van der Waals surface area contributed by atoms with E-state index in [2.05, 4.69) is 23.1 Å². The maximum atomic E-state index is 5.42. The van der Waals surface area contributed by atoms with Gasteiger partial charge in [0.15, 0.2) is 5.95 Å². The molecule has 3 heteroatoms. The molecule has 0 saturated heterocycles. The number of nitrogen functional groups attached to an aromatic ring is 1. The molecule has 1 aromatic carbocycles. The molecule has 12 heavy (non-hydrogen) atoms. The third kappa shape index (κ3) is 1.45. The monoisotopic (exact) mass is 161 g/mol. The Bertz CT molecular complexity index is 332. The molecule has 2 aromatic rings. The maximum absolute atomic E-state index is 5.42. The van der Waals surface area contributed by atoms with Crippen LogP contribution in [0.5, 0.6) is 0 Å². The van der Waals surface area contributed by atoms with Crippen molar-refractivity contribution in [1.29, 1.82) is 0 Å². The minimum absolute atomic E-state index is 0.473. The molecule has 0 atom stereocenters. The van der Waals surface area contributed by atoms with Gasteiger partial charge in [-0.1, -0.05) is 12.1 Å². The lowest BCUT2D eigenvalue weighted by Gasteiger charge is -1.81. The largest absolute Gasteiger partial charge is 0.369 e. The predicted octanol–water partition coefficient (Wildman–Crippen LogP) is 1.95. The number of para-hydroxylation sites is 2. The fourth-order valence-corrected chi connectivity index (χ4v) is 0.973. The molecule has 3 N–H and O–H groups in total. The molecule has 2 rings (SSSR count). The number of hydrogen-bond donors (Lipinski definition) is 2. The van der Waals surface area contributed by atoms with E-state index in [1.807, 2.05) is 24.3 Å². The number of H-pyrrole nitrogens is 1. The Balaban J connectivity index is 0.000000336. The molecule has 0 aliphatic carbocycles. The lowest BCUT2D eigenvalue weighted by atomic mass is 10.3. The average molecular weight is 161 g/mol. The van der Waals surface area contributed by atoms with Gasteiger partial charge in [-0.25, -0.2) is 4.98 Å². The van der Waals surface area contributed by atoms with Gasteiger partial charge in [-0.15, -0.1) is 13.2 Å². The van der Waals surface area contributed by atoms with Crippen molar-refractivity contribution in [3.05, 3.63) is 37.4 Å². The number of fused-ring (bicyclic) bond motifs is 1. The molecule has 3 nitrogen and oxygen atoms in total. The van der Waals surface area contributed by atoms with Crippen molar-refractivity contribution in [2.75, 3.05) is 5.73 Å². The second kappa shape index (κ2) is 3.57. The molecule has 0 spiro atoms. The molecule has 0 fully saturated rings. The van der Waals surface area contributed by atoms with Crippen molar-refractivity contribution in [1.82, 2.24) is 9.97 Å². The van der Waals surface area contributed by atoms with Crippen LogP contribution >= 0.6 is 0 Å². The van der Waals surface area contributed by atoms with E-state index in [0.29, 0.717) is 5.95 Å². The number of rotatable bonds is 0. The minimum Gasteiger partial charge on any atom is -0.369 e. The van der Waals surface area contributed by atoms with Crippen LogP contribution in [-0.2, 0) is 0 Å². The fourth-order valence-electron chi connectivity index (χ4n) is 0.973. The van der Waals surface area contributed by atoms with E-state index in [1.165, 1.54) is 0 Å². The zero-order valence-corrected chi connectivity index (χ0v) is 6.75. The van der Waals surface area contributed by atoms with Crippen molar-refractivity contribution < 1.29 is 0 Å². The van der Waals surface area contributed by atoms with Gasteiger partial charge in [-0.05, 0) is 12.1 Å². The van der Waals surface area contributed by atoms with Crippen LogP contribution in [0.2, 0.25) is 0 Å². The van der Waals surface area contributed by atoms with Crippen LogP contribution in [0.25, 0.3) is 11.0 Å². The van der Waals surface area contributed by atoms with Gasteiger partial charge in [-0.2, -0.15) is 0 Å². The third-order valence-corrected chi connectivity index (χ3v) is 1.41. The second-order valence-corrected chi connectivity index (χ2v) is 2.14. The molecule has 0 radical (unpaired) electrons. The van der Waals surface area contributed by atoms with E-state index in [9.17, 15) is 0 Å². The van der Waals surface area contributed by atoms with Crippen LogP contribution in [0, 0.1) is 0 Å². The minimum atomic E-state index is 0.473. The van der Waals surface area contributed by atoms with Gasteiger partial charge in [0.1, 0.15) is 0 Å². The van der Waals surface area contributed by atoms with E-state index in [1.54, 1.807) is 0 Å². The van der Waals surface area contributed by atoms with Crippen LogP contribution < -0.4 is 5.73 Å². The zero-order chi connectivity index (χ0) is 8.97. The van der Waals surface area contributed by atoms with Crippen molar-refractivity contribution in [2.45, 2.75) is 0 Å².